The molecule has 2 aliphatic rings. The number of hydrogen-bond acceptors (Lipinski definition) is 4. The molecule has 1 aromatic rings. The van der Waals surface area contributed by atoms with E-state index in [9.17, 15) is 4.79 Å². The van der Waals surface area contributed by atoms with Gasteiger partial charge in [-0.15, -0.1) is 0 Å². The smallest absolute Gasteiger partial charge is 0.256 e. The second-order valence-corrected chi connectivity index (χ2v) is 8.25. The van der Waals surface area contributed by atoms with Crippen molar-refractivity contribution in [3.8, 4) is 5.75 Å². The number of carbonyl (C=O) groups excluding carboxylic acids is 1. The Morgan fingerprint density at radius 3 is 2.43 bits per heavy atom. The summed E-state index contributed by atoms with van der Waals surface area (Å²) in [5.41, 5.74) is 0.0607. The first-order valence-electron chi connectivity index (χ1n) is 11.0. The highest BCUT2D eigenvalue weighted by Crippen LogP contribution is 2.42. The standard InChI is InChI=1S/C23H36N2O3/c1-3-28-23(2,19-9-10-19)22(26)24-20-11-13-21(14-12-20)27-18-8-17-25-15-6-4-5-7-16-25/h11-14,19H,3-10,15-18H2,1-2H3,(H,24,26)/t23-/m1/s1. The Labute approximate surface area is 169 Å². The summed E-state index contributed by atoms with van der Waals surface area (Å²) in [6.45, 7) is 8.70. The number of carbonyl (C=O) groups is 1. The summed E-state index contributed by atoms with van der Waals surface area (Å²) in [5, 5.41) is 3.01. The Morgan fingerprint density at radius 1 is 1.14 bits per heavy atom. The number of likely N-dealkylation sites (tertiary alicyclic amines) is 1. The van der Waals surface area contributed by atoms with Crippen LogP contribution in [0.1, 0.15) is 58.8 Å². The highest BCUT2D eigenvalue weighted by molar-refractivity contribution is 5.97. The molecule has 156 valence electrons. The van der Waals surface area contributed by atoms with Gasteiger partial charge in [0.1, 0.15) is 11.4 Å². The molecule has 1 saturated heterocycles. The van der Waals surface area contributed by atoms with E-state index in [1.807, 2.05) is 38.1 Å². The molecule has 0 radical (unpaired) electrons. The molecule has 0 spiro atoms. The van der Waals surface area contributed by atoms with Gasteiger partial charge in [-0.3, -0.25) is 4.79 Å². The summed E-state index contributed by atoms with van der Waals surface area (Å²) in [6.07, 6.45) is 8.59. The zero-order chi connectivity index (χ0) is 19.8. The van der Waals surface area contributed by atoms with Crippen molar-refractivity contribution in [2.45, 2.75) is 64.4 Å². The molecule has 1 N–H and O–H groups in total. The van der Waals surface area contributed by atoms with Crippen LogP contribution in [0.5, 0.6) is 5.75 Å². The van der Waals surface area contributed by atoms with Crippen molar-refractivity contribution in [1.29, 1.82) is 0 Å². The molecule has 1 amide bonds. The average molecular weight is 389 g/mol. The number of hydrogen-bond donors (Lipinski definition) is 1. The van der Waals surface area contributed by atoms with Crippen LogP contribution in [-0.2, 0) is 9.53 Å². The monoisotopic (exact) mass is 388 g/mol. The Hall–Kier alpha value is -1.59. The third kappa shape index (κ3) is 5.95. The predicted octanol–water partition coefficient (Wildman–Crippen LogP) is 4.48. The van der Waals surface area contributed by atoms with Gasteiger partial charge < -0.3 is 19.7 Å². The SMILES string of the molecule is CCO[C@@](C)(C(=O)Nc1ccc(OCCCN2CCCCCC2)cc1)C1CC1. The molecule has 28 heavy (non-hydrogen) atoms. The Bertz CT molecular complexity index is 607. The van der Waals surface area contributed by atoms with Crippen LogP contribution in [0.2, 0.25) is 0 Å². The van der Waals surface area contributed by atoms with Gasteiger partial charge in [0.25, 0.3) is 5.91 Å². The Morgan fingerprint density at radius 2 is 1.82 bits per heavy atom. The fraction of sp³-hybridized carbons (Fsp3) is 0.696. The van der Waals surface area contributed by atoms with E-state index < -0.39 is 5.60 Å². The van der Waals surface area contributed by atoms with Crippen LogP contribution in [0.4, 0.5) is 5.69 Å². The summed E-state index contributed by atoms with van der Waals surface area (Å²) < 4.78 is 11.7. The van der Waals surface area contributed by atoms with Gasteiger partial charge >= 0.3 is 0 Å². The number of amides is 1. The first-order chi connectivity index (χ1) is 13.6. The maximum absolute atomic E-state index is 12.7. The number of ether oxygens (including phenoxy) is 2. The van der Waals surface area contributed by atoms with Gasteiger partial charge in [-0.2, -0.15) is 0 Å². The van der Waals surface area contributed by atoms with Gasteiger partial charge in [0.05, 0.1) is 6.61 Å². The van der Waals surface area contributed by atoms with Crippen molar-refractivity contribution in [2.24, 2.45) is 5.92 Å². The minimum absolute atomic E-state index is 0.0528. The topological polar surface area (TPSA) is 50.8 Å². The van der Waals surface area contributed by atoms with Gasteiger partial charge in [-0.05, 0) is 89.2 Å². The summed E-state index contributed by atoms with van der Waals surface area (Å²) in [7, 11) is 0. The van der Waals surface area contributed by atoms with Gasteiger partial charge in [0.15, 0.2) is 0 Å². The van der Waals surface area contributed by atoms with Crippen molar-refractivity contribution >= 4 is 11.6 Å². The van der Waals surface area contributed by atoms with Gasteiger partial charge in [0.2, 0.25) is 0 Å². The van der Waals surface area contributed by atoms with Crippen LogP contribution in [0.25, 0.3) is 0 Å². The van der Waals surface area contributed by atoms with E-state index in [-0.39, 0.29) is 5.91 Å². The predicted molar refractivity (Wildman–Crippen MR) is 113 cm³/mol. The van der Waals surface area contributed by atoms with Crippen molar-refractivity contribution in [1.82, 2.24) is 4.90 Å². The zero-order valence-corrected chi connectivity index (χ0v) is 17.5. The van der Waals surface area contributed by atoms with Crippen molar-refractivity contribution in [3.05, 3.63) is 24.3 Å². The lowest BCUT2D eigenvalue weighted by Gasteiger charge is -2.28. The molecule has 1 aromatic carbocycles. The van der Waals surface area contributed by atoms with Gasteiger partial charge in [0, 0.05) is 18.8 Å². The van der Waals surface area contributed by atoms with E-state index in [0.29, 0.717) is 12.5 Å². The van der Waals surface area contributed by atoms with E-state index in [1.165, 1.54) is 38.8 Å². The molecule has 1 heterocycles. The zero-order valence-electron chi connectivity index (χ0n) is 17.5. The molecule has 0 aromatic heterocycles. The number of nitrogens with one attached hydrogen (secondary N) is 1. The third-order valence-corrected chi connectivity index (χ3v) is 5.95. The highest BCUT2D eigenvalue weighted by Gasteiger charge is 2.48. The van der Waals surface area contributed by atoms with Crippen LogP contribution in [-0.4, -0.2) is 49.3 Å². The number of anilines is 1. The second kappa shape index (κ2) is 10.3. The Kier molecular flexibility index (Phi) is 7.74. The molecule has 3 rings (SSSR count). The molecule has 1 aliphatic carbocycles. The summed E-state index contributed by atoms with van der Waals surface area (Å²) in [6, 6.07) is 7.66. The fourth-order valence-corrected chi connectivity index (χ4v) is 4.03. The van der Waals surface area contributed by atoms with Crippen LogP contribution in [0, 0.1) is 5.92 Å². The van der Waals surface area contributed by atoms with E-state index in [2.05, 4.69) is 10.2 Å². The largest absolute Gasteiger partial charge is 0.494 e. The molecule has 0 unspecified atom stereocenters. The molecule has 5 nitrogen and oxygen atoms in total. The maximum atomic E-state index is 12.7. The third-order valence-electron chi connectivity index (χ3n) is 5.95. The van der Waals surface area contributed by atoms with Crippen LogP contribution in [0.3, 0.4) is 0 Å². The van der Waals surface area contributed by atoms with Crippen molar-refractivity contribution < 1.29 is 14.3 Å². The summed E-state index contributed by atoms with van der Waals surface area (Å²) in [4.78, 5) is 15.3. The fourth-order valence-electron chi connectivity index (χ4n) is 4.03. The van der Waals surface area contributed by atoms with E-state index in [0.717, 1.165) is 43.9 Å². The van der Waals surface area contributed by atoms with Crippen molar-refractivity contribution in [3.63, 3.8) is 0 Å². The van der Waals surface area contributed by atoms with Gasteiger partial charge in [-0.1, -0.05) is 12.8 Å². The van der Waals surface area contributed by atoms with E-state index in [4.69, 9.17) is 9.47 Å². The maximum Gasteiger partial charge on any atom is 0.256 e. The number of rotatable bonds is 10. The van der Waals surface area contributed by atoms with E-state index >= 15 is 0 Å². The van der Waals surface area contributed by atoms with Crippen LogP contribution < -0.4 is 10.1 Å². The second-order valence-electron chi connectivity index (χ2n) is 8.25. The summed E-state index contributed by atoms with van der Waals surface area (Å²) >= 11 is 0. The average Bonchev–Trinajstić information content (AvgIpc) is 3.54. The molecule has 1 atom stereocenters. The first-order valence-corrected chi connectivity index (χ1v) is 11.0. The molecule has 1 saturated carbocycles. The molecular weight excluding hydrogens is 352 g/mol. The minimum Gasteiger partial charge on any atom is -0.494 e. The lowest BCUT2D eigenvalue weighted by Crippen LogP contribution is -2.44. The molecule has 0 bridgehead atoms. The normalized spacial score (nSPS) is 20.2. The molecule has 1 aliphatic heterocycles. The quantitative estimate of drug-likeness (QED) is 0.601. The molecule has 5 heteroatoms. The van der Waals surface area contributed by atoms with Crippen molar-refractivity contribution in [2.75, 3.05) is 38.2 Å². The lowest BCUT2D eigenvalue weighted by molar-refractivity contribution is -0.141. The van der Waals surface area contributed by atoms with Crippen LogP contribution in [0.15, 0.2) is 24.3 Å². The Balaban J connectivity index is 1.41. The number of benzene rings is 1. The van der Waals surface area contributed by atoms with Crippen LogP contribution >= 0.6 is 0 Å². The minimum atomic E-state index is -0.725. The van der Waals surface area contributed by atoms with Gasteiger partial charge in [-0.25, -0.2) is 0 Å². The van der Waals surface area contributed by atoms with E-state index in [1.54, 1.807) is 0 Å². The summed E-state index contributed by atoms with van der Waals surface area (Å²) in [5.74, 6) is 1.13. The highest BCUT2D eigenvalue weighted by atomic mass is 16.5. The lowest BCUT2D eigenvalue weighted by atomic mass is 9.99. The molecular formula is C23H36N2O3. The number of nitrogens with zero attached hydrogens (tertiary/aromatic N) is 1. The first kappa shape index (κ1) is 21.1. The molecule has 2 fully saturated rings.